The summed E-state index contributed by atoms with van der Waals surface area (Å²) in [6.45, 7) is 21.8. The van der Waals surface area contributed by atoms with Crippen molar-refractivity contribution in [2.75, 3.05) is 0 Å². The van der Waals surface area contributed by atoms with Crippen LogP contribution in [0.2, 0.25) is 0 Å². The number of hydrogen-bond acceptors (Lipinski definition) is 3. The molecule has 0 N–H and O–H groups in total. The minimum absolute atomic E-state index is 0.544. The molecule has 4 aromatic rings. The van der Waals surface area contributed by atoms with Crippen LogP contribution in [-0.2, 0) is 0 Å². The second-order valence-corrected chi connectivity index (χ2v) is 12.2. The van der Waals surface area contributed by atoms with E-state index in [1.807, 2.05) is 17.4 Å². The van der Waals surface area contributed by atoms with E-state index in [2.05, 4.69) is 123 Å². The highest BCUT2D eigenvalue weighted by molar-refractivity contribution is 7.19. The second-order valence-electron chi connectivity index (χ2n) is 9.98. The first kappa shape index (κ1) is 28.3. The molecule has 3 heteroatoms. The molecule has 0 amide bonds. The summed E-state index contributed by atoms with van der Waals surface area (Å²) in [6.07, 6.45) is 0. The smallest absolute Gasteiger partial charge is 0.0963 e. The van der Waals surface area contributed by atoms with Gasteiger partial charge in [-0.25, -0.2) is 4.98 Å². The molecule has 0 spiro atoms. The fourth-order valence-corrected chi connectivity index (χ4v) is 4.46. The highest BCUT2D eigenvalue weighted by Gasteiger charge is 2.05. The molecule has 0 atom stereocenters. The van der Waals surface area contributed by atoms with Gasteiger partial charge in [0.05, 0.1) is 15.2 Å². The van der Waals surface area contributed by atoms with Gasteiger partial charge in [0, 0.05) is 15.5 Å². The third-order valence-corrected chi connectivity index (χ3v) is 6.57. The van der Waals surface area contributed by atoms with Crippen LogP contribution in [0, 0.1) is 11.8 Å². The number of thiophene rings is 1. The number of thiazole rings is 1. The fraction of sp³-hybridized carbons (Fsp3) is 0.483. The molecule has 2 heterocycles. The first-order valence-corrected chi connectivity index (χ1v) is 13.5. The molecule has 32 heavy (non-hydrogen) atoms. The fourth-order valence-electron chi connectivity index (χ4n) is 2.42. The second kappa shape index (κ2) is 14.4. The van der Waals surface area contributed by atoms with Crippen LogP contribution in [0.5, 0.6) is 0 Å². The molecule has 0 fully saturated rings. The van der Waals surface area contributed by atoms with E-state index in [-0.39, 0.29) is 0 Å². The highest BCUT2D eigenvalue weighted by Crippen LogP contribution is 2.30. The van der Waals surface area contributed by atoms with Crippen LogP contribution in [0.3, 0.4) is 0 Å². The molecule has 0 radical (unpaired) electrons. The Morgan fingerprint density at radius 2 is 1.09 bits per heavy atom. The maximum atomic E-state index is 4.53. The number of para-hydroxylation sites is 1. The number of rotatable bonds is 2. The summed E-state index contributed by atoms with van der Waals surface area (Å²) in [4.78, 5) is 6.01. The van der Waals surface area contributed by atoms with E-state index in [9.17, 15) is 0 Å². The van der Waals surface area contributed by atoms with Crippen molar-refractivity contribution in [3.63, 3.8) is 0 Å². The predicted octanol–water partition coefficient (Wildman–Crippen LogP) is 10.8. The van der Waals surface area contributed by atoms with E-state index in [0.717, 1.165) is 17.4 Å². The van der Waals surface area contributed by atoms with Crippen LogP contribution in [0.15, 0.2) is 54.6 Å². The van der Waals surface area contributed by atoms with Crippen molar-refractivity contribution >= 4 is 43.0 Å². The van der Waals surface area contributed by atoms with Crippen LogP contribution < -0.4 is 0 Å². The summed E-state index contributed by atoms with van der Waals surface area (Å²) in [5, 5.41) is 2.61. The summed E-state index contributed by atoms with van der Waals surface area (Å²) in [7, 11) is 0. The van der Waals surface area contributed by atoms with E-state index < -0.39 is 0 Å². The number of benzene rings is 2. The summed E-state index contributed by atoms with van der Waals surface area (Å²) in [5.41, 5.74) is 1.13. The van der Waals surface area contributed by atoms with Gasteiger partial charge in [-0.2, -0.15) is 0 Å². The predicted molar refractivity (Wildman–Crippen MR) is 151 cm³/mol. The number of fused-ring (bicyclic) bond motifs is 2. The first-order chi connectivity index (χ1) is 15.0. The molecule has 0 bridgehead atoms. The maximum Gasteiger partial charge on any atom is 0.0963 e. The zero-order valence-corrected chi connectivity index (χ0v) is 23.4. The SMILES string of the molecule is CC(C)C.CC(C)C.CC(C)c1cc2ccccc2s1.CC(C)c1nc2ccccc2s1. The van der Waals surface area contributed by atoms with Crippen LogP contribution in [0.1, 0.15) is 91.0 Å². The van der Waals surface area contributed by atoms with Crippen LogP contribution in [0.25, 0.3) is 20.3 Å². The number of nitrogens with zero attached hydrogens (tertiary/aromatic N) is 1. The molecule has 2 aromatic heterocycles. The minimum atomic E-state index is 0.544. The Morgan fingerprint density at radius 1 is 0.594 bits per heavy atom. The van der Waals surface area contributed by atoms with Crippen LogP contribution in [-0.4, -0.2) is 4.98 Å². The summed E-state index contributed by atoms with van der Waals surface area (Å²) < 4.78 is 2.70. The van der Waals surface area contributed by atoms with E-state index in [1.54, 1.807) is 11.3 Å². The molecule has 2 aromatic carbocycles. The summed E-state index contributed by atoms with van der Waals surface area (Å²) in [6, 6.07) is 19.1. The van der Waals surface area contributed by atoms with Crippen LogP contribution >= 0.6 is 22.7 Å². The molecule has 1 nitrogen and oxygen atoms in total. The van der Waals surface area contributed by atoms with E-state index in [0.29, 0.717) is 11.8 Å². The number of hydrogen-bond donors (Lipinski definition) is 0. The van der Waals surface area contributed by atoms with Crippen molar-refractivity contribution < 1.29 is 0 Å². The largest absolute Gasteiger partial charge is 0.241 e. The van der Waals surface area contributed by atoms with Gasteiger partial charge in [0.1, 0.15) is 0 Å². The summed E-state index contributed by atoms with van der Waals surface area (Å²) >= 11 is 3.70. The third kappa shape index (κ3) is 10.7. The molecular formula is C29H43NS2. The molecule has 176 valence electrons. The number of aromatic nitrogens is 1. The lowest BCUT2D eigenvalue weighted by molar-refractivity contribution is 0.736. The van der Waals surface area contributed by atoms with Crippen LogP contribution in [0.4, 0.5) is 0 Å². The topological polar surface area (TPSA) is 12.9 Å². The van der Waals surface area contributed by atoms with Gasteiger partial charge in [-0.05, 0) is 47.4 Å². The molecular weight excluding hydrogens is 426 g/mol. The molecule has 0 saturated heterocycles. The average Bonchev–Trinajstić information content (AvgIpc) is 3.32. The van der Waals surface area contributed by atoms with Gasteiger partial charge in [-0.1, -0.05) is 99.6 Å². The molecule has 0 aliphatic heterocycles. The van der Waals surface area contributed by atoms with Crippen molar-refractivity contribution in [2.24, 2.45) is 11.8 Å². The van der Waals surface area contributed by atoms with Gasteiger partial charge in [0.25, 0.3) is 0 Å². The Bertz CT molecular complexity index is 866. The van der Waals surface area contributed by atoms with Gasteiger partial charge in [-0.3, -0.25) is 0 Å². The standard InChI is InChI=1S/C11H12S.C10H11NS.2C4H10/c1-8(2)11-7-9-5-3-4-6-10(9)12-11;1-7(2)10-11-8-5-3-4-6-9(8)12-10;2*1-4(2)3/h3-8H,1-2H3;3-7H,1-2H3;2*4H,1-3H3. The zero-order chi connectivity index (χ0) is 24.3. The van der Waals surface area contributed by atoms with E-state index >= 15 is 0 Å². The Hall–Kier alpha value is -1.71. The Kier molecular flexibility index (Phi) is 12.8. The van der Waals surface area contributed by atoms with Crippen molar-refractivity contribution in [3.05, 3.63) is 64.5 Å². The molecule has 0 aliphatic carbocycles. The molecule has 0 unspecified atom stereocenters. The zero-order valence-electron chi connectivity index (χ0n) is 21.8. The van der Waals surface area contributed by atoms with Gasteiger partial charge in [0.15, 0.2) is 0 Å². The first-order valence-electron chi connectivity index (χ1n) is 11.8. The minimum Gasteiger partial charge on any atom is -0.241 e. The lowest BCUT2D eigenvalue weighted by Gasteiger charge is -1.96. The van der Waals surface area contributed by atoms with E-state index in [4.69, 9.17) is 0 Å². The van der Waals surface area contributed by atoms with Gasteiger partial charge in [0.2, 0.25) is 0 Å². The third-order valence-electron chi connectivity index (χ3n) is 3.82. The normalized spacial score (nSPS) is 10.7. The quantitative estimate of drug-likeness (QED) is 0.284. The lowest BCUT2D eigenvalue weighted by atomic mass is 10.1. The maximum absolute atomic E-state index is 4.53. The van der Waals surface area contributed by atoms with Crippen molar-refractivity contribution in [1.82, 2.24) is 4.98 Å². The van der Waals surface area contributed by atoms with Gasteiger partial charge in [-0.15, -0.1) is 22.7 Å². The Labute approximate surface area is 204 Å². The van der Waals surface area contributed by atoms with E-state index in [1.165, 1.54) is 24.7 Å². The van der Waals surface area contributed by atoms with Crippen molar-refractivity contribution in [2.45, 2.75) is 81.1 Å². The highest BCUT2D eigenvalue weighted by atomic mass is 32.1. The Balaban J connectivity index is 0.000000242. The average molecular weight is 470 g/mol. The molecule has 0 aliphatic rings. The van der Waals surface area contributed by atoms with Gasteiger partial charge < -0.3 is 0 Å². The molecule has 4 rings (SSSR count). The Morgan fingerprint density at radius 3 is 1.56 bits per heavy atom. The van der Waals surface area contributed by atoms with Crippen molar-refractivity contribution in [1.29, 1.82) is 0 Å². The van der Waals surface area contributed by atoms with Crippen molar-refractivity contribution in [3.8, 4) is 0 Å². The monoisotopic (exact) mass is 469 g/mol. The van der Waals surface area contributed by atoms with Gasteiger partial charge >= 0.3 is 0 Å². The summed E-state index contributed by atoms with van der Waals surface area (Å²) in [5.74, 6) is 2.87. The lowest BCUT2D eigenvalue weighted by Crippen LogP contribution is -1.82. The molecule has 0 saturated carbocycles.